The Morgan fingerprint density at radius 1 is 0.667 bits per heavy atom. The first-order valence-electron chi connectivity index (χ1n) is 7.41. The standard InChI is InChI=1S/C16H30O2/c1-15(2,3)11-7-13-14(17-9-11)8-12(10-18-13)16(4,5)6/h11-14H,7-10H2,1-6H3. The Kier molecular flexibility index (Phi) is 3.81. The normalized spacial score (nSPS) is 38.3. The number of fused-ring (bicyclic) bond motifs is 1. The van der Waals surface area contributed by atoms with Crippen molar-refractivity contribution in [1.29, 1.82) is 0 Å². The lowest BCUT2D eigenvalue weighted by atomic mass is 9.72. The molecular weight excluding hydrogens is 224 g/mol. The summed E-state index contributed by atoms with van der Waals surface area (Å²) < 4.78 is 12.2. The summed E-state index contributed by atoms with van der Waals surface area (Å²) in [6, 6.07) is 0. The molecule has 0 aromatic rings. The van der Waals surface area contributed by atoms with Crippen molar-refractivity contribution in [3.05, 3.63) is 0 Å². The molecule has 4 unspecified atom stereocenters. The molecule has 106 valence electrons. The van der Waals surface area contributed by atoms with E-state index in [0.29, 0.717) is 34.9 Å². The fraction of sp³-hybridized carbons (Fsp3) is 1.00. The summed E-state index contributed by atoms with van der Waals surface area (Å²) in [5, 5.41) is 0. The summed E-state index contributed by atoms with van der Waals surface area (Å²) in [4.78, 5) is 0. The van der Waals surface area contributed by atoms with Gasteiger partial charge in [-0.25, -0.2) is 0 Å². The second-order valence-corrected chi connectivity index (χ2v) is 8.34. The average Bonchev–Trinajstić information content (AvgIpc) is 2.25. The summed E-state index contributed by atoms with van der Waals surface area (Å²) in [5.74, 6) is 1.26. The van der Waals surface area contributed by atoms with Gasteiger partial charge in [-0.15, -0.1) is 0 Å². The molecule has 0 aromatic heterocycles. The molecule has 0 bridgehead atoms. The van der Waals surface area contributed by atoms with Crippen LogP contribution >= 0.6 is 0 Å². The SMILES string of the molecule is CC(C)(C)C1COC2CC(C(C)(C)C)COC2C1. The van der Waals surface area contributed by atoms with Crippen LogP contribution in [0.2, 0.25) is 0 Å². The highest BCUT2D eigenvalue weighted by atomic mass is 16.5. The zero-order valence-corrected chi connectivity index (χ0v) is 13.0. The third-order valence-electron chi connectivity index (χ3n) is 4.92. The Hall–Kier alpha value is -0.0800. The molecule has 0 aliphatic carbocycles. The zero-order chi connectivity index (χ0) is 13.6. The molecule has 0 saturated carbocycles. The predicted molar refractivity (Wildman–Crippen MR) is 74.6 cm³/mol. The molecule has 2 heteroatoms. The van der Waals surface area contributed by atoms with Crippen LogP contribution in [0, 0.1) is 22.7 Å². The van der Waals surface area contributed by atoms with Crippen LogP contribution in [-0.2, 0) is 9.47 Å². The second kappa shape index (κ2) is 4.79. The predicted octanol–water partition coefficient (Wildman–Crippen LogP) is 3.89. The Bertz CT molecular complexity index is 254. The first kappa shape index (κ1) is 14.3. The fourth-order valence-corrected chi connectivity index (χ4v) is 3.04. The van der Waals surface area contributed by atoms with E-state index in [1.165, 1.54) is 12.8 Å². The molecule has 18 heavy (non-hydrogen) atoms. The third kappa shape index (κ3) is 3.08. The van der Waals surface area contributed by atoms with Gasteiger partial charge in [-0.3, -0.25) is 0 Å². The molecular formula is C16H30O2. The maximum absolute atomic E-state index is 6.12. The largest absolute Gasteiger partial charge is 0.375 e. The first-order chi connectivity index (χ1) is 8.18. The van der Waals surface area contributed by atoms with Gasteiger partial charge in [0.1, 0.15) is 0 Å². The molecule has 2 rings (SSSR count). The minimum Gasteiger partial charge on any atom is -0.375 e. The van der Waals surface area contributed by atoms with E-state index < -0.39 is 0 Å². The van der Waals surface area contributed by atoms with Crippen molar-refractivity contribution in [3.8, 4) is 0 Å². The van der Waals surface area contributed by atoms with Crippen molar-refractivity contribution in [2.75, 3.05) is 13.2 Å². The van der Waals surface area contributed by atoms with Gasteiger partial charge >= 0.3 is 0 Å². The highest BCUT2D eigenvalue weighted by molar-refractivity contribution is 4.91. The quantitative estimate of drug-likeness (QED) is 0.653. The van der Waals surface area contributed by atoms with Crippen LogP contribution in [0.15, 0.2) is 0 Å². The van der Waals surface area contributed by atoms with E-state index in [1.807, 2.05) is 0 Å². The smallest absolute Gasteiger partial charge is 0.0840 e. The molecule has 2 nitrogen and oxygen atoms in total. The molecule has 0 N–H and O–H groups in total. The monoisotopic (exact) mass is 254 g/mol. The summed E-state index contributed by atoms with van der Waals surface area (Å²) in [6.07, 6.45) is 3.01. The van der Waals surface area contributed by atoms with Crippen molar-refractivity contribution in [2.45, 2.75) is 66.6 Å². The lowest BCUT2D eigenvalue weighted by molar-refractivity contribution is -0.189. The maximum atomic E-state index is 6.12. The lowest BCUT2D eigenvalue weighted by Gasteiger charge is -2.47. The van der Waals surface area contributed by atoms with Gasteiger partial charge in [0.05, 0.1) is 25.4 Å². The summed E-state index contributed by atoms with van der Waals surface area (Å²) in [5.41, 5.74) is 0.657. The van der Waals surface area contributed by atoms with Crippen LogP contribution in [0.25, 0.3) is 0 Å². The van der Waals surface area contributed by atoms with E-state index in [-0.39, 0.29) is 0 Å². The van der Waals surface area contributed by atoms with Crippen LogP contribution in [0.4, 0.5) is 0 Å². The van der Waals surface area contributed by atoms with Crippen molar-refractivity contribution in [3.63, 3.8) is 0 Å². The number of ether oxygens (including phenoxy) is 2. The number of hydrogen-bond acceptors (Lipinski definition) is 2. The minimum atomic E-state index is 0.329. The summed E-state index contributed by atoms with van der Waals surface area (Å²) >= 11 is 0. The van der Waals surface area contributed by atoms with Gasteiger partial charge < -0.3 is 9.47 Å². The van der Waals surface area contributed by atoms with Gasteiger partial charge in [0.15, 0.2) is 0 Å². The second-order valence-electron chi connectivity index (χ2n) is 8.34. The highest BCUT2D eigenvalue weighted by Gasteiger charge is 2.43. The molecule has 2 heterocycles. The molecule has 2 fully saturated rings. The van der Waals surface area contributed by atoms with Crippen LogP contribution in [-0.4, -0.2) is 25.4 Å². The summed E-state index contributed by atoms with van der Waals surface area (Å²) in [7, 11) is 0. The molecule has 2 aliphatic heterocycles. The van der Waals surface area contributed by atoms with Gasteiger partial charge in [0, 0.05) is 0 Å². The Morgan fingerprint density at radius 2 is 1.00 bits per heavy atom. The number of hydrogen-bond donors (Lipinski definition) is 0. The zero-order valence-electron chi connectivity index (χ0n) is 13.0. The van der Waals surface area contributed by atoms with E-state index in [1.54, 1.807) is 0 Å². The lowest BCUT2D eigenvalue weighted by Crippen LogP contribution is -2.50. The first-order valence-corrected chi connectivity index (χ1v) is 7.41. The van der Waals surface area contributed by atoms with Crippen molar-refractivity contribution < 1.29 is 9.47 Å². The Morgan fingerprint density at radius 3 is 1.28 bits per heavy atom. The van der Waals surface area contributed by atoms with Crippen LogP contribution in [0.1, 0.15) is 54.4 Å². The van der Waals surface area contributed by atoms with Crippen molar-refractivity contribution in [1.82, 2.24) is 0 Å². The molecule has 0 amide bonds. The Labute approximate surface area is 112 Å². The van der Waals surface area contributed by atoms with Crippen LogP contribution < -0.4 is 0 Å². The molecule has 0 aromatic carbocycles. The van der Waals surface area contributed by atoms with Gasteiger partial charge in [-0.1, -0.05) is 41.5 Å². The molecule has 2 aliphatic rings. The van der Waals surface area contributed by atoms with Gasteiger partial charge in [-0.05, 0) is 35.5 Å². The average molecular weight is 254 g/mol. The molecule has 4 atom stereocenters. The van der Waals surface area contributed by atoms with Crippen LogP contribution in [0.5, 0.6) is 0 Å². The Balaban J connectivity index is 1.96. The van der Waals surface area contributed by atoms with Gasteiger partial charge in [0.25, 0.3) is 0 Å². The van der Waals surface area contributed by atoms with E-state index in [9.17, 15) is 0 Å². The highest BCUT2D eigenvalue weighted by Crippen LogP contribution is 2.41. The van der Waals surface area contributed by atoms with Gasteiger partial charge in [-0.2, -0.15) is 0 Å². The van der Waals surface area contributed by atoms with Crippen LogP contribution in [0.3, 0.4) is 0 Å². The van der Waals surface area contributed by atoms with E-state index in [0.717, 1.165) is 13.2 Å². The van der Waals surface area contributed by atoms with E-state index in [2.05, 4.69) is 41.5 Å². The molecule has 0 spiro atoms. The molecule has 2 saturated heterocycles. The molecule has 0 radical (unpaired) electrons. The van der Waals surface area contributed by atoms with Gasteiger partial charge in [0.2, 0.25) is 0 Å². The fourth-order valence-electron chi connectivity index (χ4n) is 3.04. The van der Waals surface area contributed by atoms with Crippen molar-refractivity contribution in [2.24, 2.45) is 22.7 Å². The minimum absolute atomic E-state index is 0.329. The van der Waals surface area contributed by atoms with E-state index >= 15 is 0 Å². The number of rotatable bonds is 0. The maximum Gasteiger partial charge on any atom is 0.0840 e. The topological polar surface area (TPSA) is 18.5 Å². The summed E-state index contributed by atoms with van der Waals surface area (Å²) in [6.45, 7) is 15.7. The van der Waals surface area contributed by atoms with E-state index in [4.69, 9.17) is 9.47 Å². The van der Waals surface area contributed by atoms with Crippen molar-refractivity contribution >= 4 is 0 Å². The third-order valence-corrected chi connectivity index (χ3v) is 4.92.